The molecule has 0 radical (unpaired) electrons. The van der Waals surface area contributed by atoms with Gasteiger partial charge in [0, 0.05) is 18.9 Å². The Hall–Kier alpha value is -2.29. The third-order valence-electron chi connectivity index (χ3n) is 1.79. The number of amides is 1. The minimum Gasteiger partial charge on any atom is -0.370 e. The van der Waals surface area contributed by atoms with Gasteiger partial charge >= 0.3 is 0 Å². The number of nitrogens with two attached hydrogens (primary N) is 3. The fourth-order valence-corrected chi connectivity index (χ4v) is 0.935. The number of nitrogens with zero attached hydrogens (tertiary/aromatic N) is 2. The molecule has 0 bridgehead atoms. The smallest absolute Gasteiger partial charge is 0.284 e. The molecule has 1 amide bonds. The third-order valence-corrected chi connectivity index (χ3v) is 1.79. The highest BCUT2D eigenvalue weighted by atomic mass is 35.5. The van der Waals surface area contributed by atoms with Crippen LogP contribution in [-0.2, 0) is 0 Å². The predicted octanol–water partition coefficient (Wildman–Crippen LogP) is -0.485. The number of imidazole rings is 1. The van der Waals surface area contributed by atoms with E-state index in [1.54, 1.807) is 6.20 Å². The van der Waals surface area contributed by atoms with Gasteiger partial charge in [-0.05, 0) is 6.42 Å². The molecular weight excluding hydrogens is 284 g/mol. The van der Waals surface area contributed by atoms with Gasteiger partial charge in [-0.3, -0.25) is 20.5 Å². The van der Waals surface area contributed by atoms with Crippen molar-refractivity contribution in [3.63, 3.8) is 0 Å². The van der Waals surface area contributed by atoms with Crippen LogP contribution in [0.3, 0.4) is 0 Å². The van der Waals surface area contributed by atoms with Crippen molar-refractivity contribution in [1.29, 1.82) is 5.41 Å². The summed E-state index contributed by atoms with van der Waals surface area (Å²) in [7, 11) is 0. The summed E-state index contributed by atoms with van der Waals surface area (Å²) in [5.41, 5.74) is 15.2. The molecule has 1 rings (SSSR count). The van der Waals surface area contributed by atoms with Crippen molar-refractivity contribution in [2.75, 3.05) is 6.54 Å². The zero-order valence-corrected chi connectivity index (χ0v) is 12.0. The molecule has 0 spiro atoms. The van der Waals surface area contributed by atoms with Gasteiger partial charge in [-0.25, -0.2) is 4.98 Å². The van der Waals surface area contributed by atoms with Crippen LogP contribution >= 0.6 is 12.4 Å². The monoisotopic (exact) mass is 304 g/mol. The highest BCUT2D eigenvalue weighted by molar-refractivity contribution is 5.95. The highest BCUT2D eigenvalue weighted by Crippen LogP contribution is 1.85. The van der Waals surface area contributed by atoms with E-state index < -0.39 is 5.91 Å². The number of carbonyl (C=O) groups is 1. The number of guanidine groups is 2. The Kier molecular flexibility index (Phi) is 11.8. The lowest BCUT2D eigenvalue weighted by Crippen LogP contribution is -2.40. The summed E-state index contributed by atoms with van der Waals surface area (Å²) in [6.07, 6.45) is 5.09. The first-order valence-electron chi connectivity index (χ1n) is 5.67. The molecule has 1 aromatic heterocycles. The zero-order chi connectivity index (χ0) is 14.7. The average molecular weight is 305 g/mol. The van der Waals surface area contributed by atoms with Crippen LogP contribution in [0.25, 0.3) is 0 Å². The molecule has 0 atom stereocenters. The second-order valence-electron chi connectivity index (χ2n) is 3.46. The number of carbonyl (C=O) groups excluding carboxylic acids is 1. The molecular formula is C10H21ClN8O. The number of nitrogens with one attached hydrogen (secondary N) is 3. The van der Waals surface area contributed by atoms with Crippen LogP contribution in [0.1, 0.15) is 30.4 Å². The van der Waals surface area contributed by atoms with Crippen molar-refractivity contribution in [2.24, 2.45) is 22.2 Å². The van der Waals surface area contributed by atoms with Crippen molar-refractivity contribution in [1.82, 2.24) is 15.3 Å². The number of aromatic nitrogens is 2. The number of hydrogen-bond donors (Lipinski definition) is 6. The van der Waals surface area contributed by atoms with Crippen molar-refractivity contribution < 1.29 is 4.79 Å². The van der Waals surface area contributed by atoms with Gasteiger partial charge in [0.2, 0.25) is 0 Å². The minimum atomic E-state index is -0.532. The Morgan fingerprint density at radius 1 is 1.50 bits per heavy atom. The van der Waals surface area contributed by atoms with E-state index in [0.717, 1.165) is 12.8 Å². The summed E-state index contributed by atoms with van der Waals surface area (Å²) >= 11 is 0. The number of halogens is 1. The van der Waals surface area contributed by atoms with Gasteiger partial charge in [0.25, 0.3) is 5.91 Å². The van der Waals surface area contributed by atoms with Crippen molar-refractivity contribution in [3.05, 3.63) is 18.2 Å². The summed E-state index contributed by atoms with van der Waals surface area (Å²) in [5, 5.41) is 9.20. The molecule has 1 heterocycles. The van der Waals surface area contributed by atoms with Gasteiger partial charge in [-0.15, -0.1) is 12.4 Å². The molecule has 0 aliphatic carbocycles. The van der Waals surface area contributed by atoms with Gasteiger partial charge in [0.15, 0.2) is 17.7 Å². The summed E-state index contributed by atoms with van der Waals surface area (Å²) < 4.78 is 0. The van der Waals surface area contributed by atoms with Crippen LogP contribution in [0.15, 0.2) is 17.4 Å². The first kappa shape index (κ1) is 20.0. The van der Waals surface area contributed by atoms with Gasteiger partial charge in [0.05, 0.1) is 0 Å². The Labute approximate surface area is 123 Å². The second kappa shape index (κ2) is 11.8. The van der Waals surface area contributed by atoms with E-state index >= 15 is 0 Å². The number of primary amides is 1. The maximum absolute atomic E-state index is 10.2. The van der Waals surface area contributed by atoms with E-state index in [1.807, 2.05) is 0 Å². The Balaban J connectivity index is 0. The van der Waals surface area contributed by atoms with Crippen LogP contribution < -0.4 is 22.5 Å². The second-order valence-corrected chi connectivity index (χ2v) is 3.46. The quantitative estimate of drug-likeness (QED) is 0.250. The third kappa shape index (κ3) is 10.8. The molecule has 0 saturated heterocycles. The van der Waals surface area contributed by atoms with Crippen molar-refractivity contribution in [3.8, 4) is 0 Å². The SMILES string of the molecule is CCCCN=C(N)NC(=N)N.Cl.NC(=O)c1ncc[nH]1. The van der Waals surface area contributed by atoms with E-state index in [0.29, 0.717) is 6.54 Å². The molecule has 9 nitrogen and oxygen atoms in total. The van der Waals surface area contributed by atoms with Gasteiger partial charge in [-0.2, -0.15) is 0 Å². The van der Waals surface area contributed by atoms with Crippen LogP contribution in [0, 0.1) is 5.41 Å². The van der Waals surface area contributed by atoms with E-state index in [4.69, 9.17) is 22.6 Å². The van der Waals surface area contributed by atoms with E-state index in [2.05, 4.69) is 27.2 Å². The van der Waals surface area contributed by atoms with Gasteiger partial charge < -0.3 is 22.2 Å². The summed E-state index contributed by atoms with van der Waals surface area (Å²) in [6, 6.07) is 0. The highest BCUT2D eigenvalue weighted by Gasteiger charge is 1.97. The lowest BCUT2D eigenvalue weighted by atomic mass is 10.3. The molecule has 0 unspecified atom stereocenters. The molecule has 0 aliphatic rings. The summed E-state index contributed by atoms with van der Waals surface area (Å²) in [6.45, 7) is 2.76. The Morgan fingerprint density at radius 2 is 2.15 bits per heavy atom. The molecule has 20 heavy (non-hydrogen) atoms. The average Bonchev–Trinajstić information content (AvgIpc) is 2.82. The first-order valence-corrected chi connectivity index (χ1v) is 5.67. The molecule has 0 saturated carbocycles. The van der Waals surface area contributed by atoms with Crippen molar-refractivity contribution >= 4 is 30.2 Å². The summed E-state index contributed by atoms with van der Waals surface area (Å²) in [4.78, 5) is 20.2. The number of aliphatic imine (C=N–C) groups is 1. The Bertz CT molecular complexity index is 417. The molecule has 114 valence electrons. The van der Waals surface area contributed by atoms with Crippen LogP contribution in [0.5, 0.6) is 0 Å². The molecule has 1 aromatic rings. The Morgan fingerprint density at radius 3 is 2.50 bits per heavy atom. The maximum Gasteiger partial charge on any atom is 0.284 e. The topological polar surface area (TPSA) is 172 Å². The van der Waals surface area contributed by atoms with Crippen molar-refractivity contribution in [2.45, 2.75) is 19.8 Å². The normalized spacial score (nSPS) is 9.75. The number of aromatic amines is 1. The molecule has 0 fully saturated rings. The fraction of sp³-hybridized carbons (Fsp3) is 0.400. The largest absolute Gasteiger partial charge is 0.370 e. The lowest BCUT2D eigenvalue weighted by Gasteiger charge is -2.00. The predicted molar refractivity (Wildman–Crippen MR) is 80.8 cm³/mol. The molecule has 9 N–H and O–H groups in total. The van der Waals surface area contributed by atoms with E-state index in [1.165, 1.54) is 6.20 Å². The standard InChI is InChI=1S/C6H15N5.C4H5N3O.ClH/c1-2-3-4-10-6(9)11-5(7)8;5-3(8)4-6-1-2-7-4;/h2-4H2,1H3,(H6,7,8,9,10,11);1-2H,(H2,5,8)(H,6,7);1H. The fourth-order valence-electron chi connectivity index (χ4n) is 0.935. The molecule has 0 aliphatic heterocycles. The zero-order valence-electron chi connectivity index (χ0n) is 11.2. The number of hydrogen-bond acceptors (Lipinski definition) is 4. The lowest BCUT2D eigenvalue weighted by molar-refractivity contribution is 0.0991. The van der Waals surface area contributed by atoms with Crippen LogP contribution in [0.2, 0.25) is 0 Å². The van der Waals surface area contributed by atoms with E-state index in [9.17, 15) is 4.79 Å². The first-order chi connectivity index (χ1) is 8.97. The van der Waals surface area contributed by atoms with Crippen LogP contribution in [0.4, 0.5) is 0 Å². The molecule has 0 aromatic carbocycles. The van der Waals surface area contributed by atoms with Gasteiger partial charge in [0.1, 0.15) is 0 Å². The van der Waals surface area contributed by atoms with Crippen LogP contribution in [-0.4, -0.2) is 34.3 Å². The molecule has 10 heteroatoms. The number of rotatable bonds is 4. The van der Waals surface area contributed by atoms with E-state index in [-0.39, 0.29) is 30.2 Å². The summed E-state index contributed by atoms with van der Waals surface area (Å²) in [5.74, 6) is -0.298. The van der Waals surface area contributed by atoms with Gasteiger partial charge in [-0.1, -0.05) is 13.3 Å². The number of H-pyrrole nitrogens is 1. The maximum atomic E-state index is 10.2. The minimum absolute atomic E-state index is 0. The number of unbranched alkanes of at least 4 members (excludes halogenated alkanes) is 1.